The first kappa shape index (κ1) is 19.9. The topological polar surface area (TPSA) is 85.6 Å². The molecule has 4 rings (SSSR count). The summed E-state index contributed by atoms with van der Waals surface area (Å²) in [6, 6.07) is 1.78. The SMILES string of the molecule is C=C(C#N)C(=O)OC12CC3CC(CC(C3)C1COCC(=O)OC(C)(C)C)C2. The fourth-order valence-corrected chi connectivity index (χ4v) is 5.45. The minimum atomic E-state index is -0.628. The highest BCUT2D eigenvalue weighted by molar-refractivity contribution is 5.92. The maximum absolute atomic E-state index is 12.3. The number of ether oxygens (including phenoxy) is 3. The Labute approximate surface area is 160 Å². The van der Waals surface area contributed by atoms with Gasteiger partial charge < -0.3 is 14.2 Å². The Morgan fingerprint density at radius 3 is 2.37 bits per heavy atom. The van der Waals surface area contributed by atoms with Gasteiger partial charge in [-0.05, 0) is 70.6 Å². The summed E-state index contributed by atoms with van der Waals surface area (Å²) in [4.78, 5) is 24.2. The van der Waals surface area contributed by atoms with Crippen molar-refractivity contribution in [2.45, 2.75) is 64.1 Å². The minimum Gasteiger partial charge on any atom is -0.458 e. The lowest BCUT2D eigenvalue weighted by Gasteiger charge is -2.60. The van der Waals surface area contributed by atoms with Gasteiger partial charge in [0.2, 0.25) is 0 Å². The number of esters is 2. The molecule has 0 heterocycles. The third-order valence-electron chi connectivity index (χ3n) is 6.07. The first-order valence-electron chi connectivity index (χ1n) is 9.74. The van der Waals surface area contributed by atoms with Gasteiger partial charge in [-0.25, -0.2) is 9.59 Å². The van der Waals surface area contributed by atoms with Crippen molar-refractivity contribution in [2.75, 3.05) is 13.2 Å². The molecule has 3 atom stereocenters. The molecule has 27 heavy (non-hydrogen) atoms. The normalized spacial score (nSPS) is 34.0. The zero-order chi connectivity index (χ0) is 19.8. The Hall–Kier alpha value is -1.87. The summed E-state index contributed by atoms with van der Waals surface area (Å²) in [5, 5.41) is 8.95. The van der Waals surface area contributed by atoms with Crippen molar-refractivity contribution in [2.24, 2.45) is 23.7 Å². The van der Waals surface area contributed by atoms with E-state index in [1.807, 2.05) is 20.8 Å². The number of hydrogen-bond donors (Lipinski definition) is 0. The van der Waals surface area contributed by atoms with Crippen molar-refractivity contribution in [3.05, 3.63) is 12.2 Å². The molecule has 4 saturated carbocycles. The van der Waals surface area contributed by atoms with E-state index in [0.29, 0.717) is 24.4 Å². The fraction of sp³-hybridized carbons (Fsp3) is 0.762. The molecule has 0 saturated heterocycles. The average molecular weight is 375 g/mol. The van der Waals surface area contributed by atoms with Crippen LogP contribution in [0.2, 0.25) is 0 Å². The number of nitriles is 1. The van der Waals surface area contributed by atoms with Gasteiger partial charge in [-0.15, -0.1) is 0 Å². The lowest BCUT2D eigenvalue weighted by molar-refractivity contribution is -0.214. The molecule has 0 amide bonds. The first-order valence-corrected chi connectivity index (χ1v) is 9.74. The largest absolute Gasteiger partial charge is 0.458 e. The fourth-order valence-electron chi connectivity index (χ4n) is 5.45. The third-order valence-corrected chi connectivity index (χ3v) is 6.07. The van der Waals surface area contributed by atoms with E-state index in [4.69, 9.17) is 19.5 Å². The molecule has 148 valence electrons. The van der Waals surface area contributed by atoms with Crippen LogP contribution in [0.15, 0.2) is 12.2 Å². The Morgan fingerprint density at radius 1 is 1.19 bits per heavy atom. The Bertz CT molecular complexity index is 657. The van der Waals surface area contributed by atoms with Gasteiger partial charge in [0.25, 0.3) is 0 Å². The molecule has 0 radical (unpaired) electrons. The van der Waals surface area contributed by atoms with Crippen molar-refractivity contribution in [3.8, 4) is 6.07 Å². The predicted octanol–water partition coefficient (Wildman–Crippen LogP) is 3.16. The highest BCUT2D eigenvalue weighted by Crippen LogP contribution is 2.60. The van der Waals surface area contributed by atoms with Gasteiger partial charge in [-0.1, -0.05) is 6.58 Å². The summed E-state index contributed by atoms with van der Waals surface area (Å²) in [6.45, 7) is 9.19. The smallest absolute Gasteiger partial charge is 0.348 e. The molecule has 4 aliphatic carbocycles. The van der Waals surface area contributed by atoms with Crippen LogP contribution in [0.1, 0.15) is 52.9 Å². The molecule has 0 aromatic heterocycles. The van der Waals surface area contributed by atoms with Crippen LogP contribution in [0.3, 0.4) is 0 Å². The van der Waals surface area contributed by atoms with E-state index < -0.39 is 23.1 Å². The highest BCUT2D eigenvalue weighted by Gasteiger charge is 2.59. The van der Waals surface area contributed by atoms with E-state index in [0.717, 1.165) is 25.7 Å². The summed E-state index contributed by atoms with van der Waals surface area (Å²) >= 11 is 0. The minimum absolute atomic E-state index is 0.0446. The van der Waals surface area contributed by atoms with Crippen LogP contribution in [0.4, 0.5) is 0 Å². The van der Waals surface area contributed by atoms with Crippen molar-refractivity contribution in [3.63, 3.8) is 0 Å². The van der Waals surface area contributed by atoms with E-state index in [-0.39, 0.29) is 18.1 Å². The molecular weight excluding hydrogens is 346 g/mol. The first-order chi connectivity index (χ1) is 12.6. The molecule has 4 fully saturated rings. The number of rotatable bonds is 6. The lowest BCUT2D eigenvalue weighted by Crippen LogP contribution is -2.60. The standard InChI is InChI=1S/C21H29NO5/c1-13(10-22)19(24)27-21-8-14-5-15(9-21)7-16(6-14)17(21)11-25-12-18(23)26-20(2,3)4/h14-17H,1,5-9,11-12H2,2-4H3. The number of hydrogen-bond acceptors (Lipinski definition) is 6. The summed E-state index contributed by atoms with van der Waals surface area (Å²) in [6.07, 6.45) is 5.06. The average Bonchev–Trinajstić information content (AvgIpc) is 2.54. The van der Waals surface area contributed by atoms with Gasteiger partial charge in [0, 0.05) is 5.92 Å². The van der Waals surface area contributed by atoms with E-state index in [2.05, 4.69) is 6.58 Å². The van der Waals surface area contributed by atoms with Crippen LogP contribution in [0.25, 0.3) is 0 Å². The maximum Gasteiger partial charge on any atom is 0.348 e. The second kappa shape index (κ2) is 7.27. The van der Waals surface area contributed by atoms with Crippen molar-refractivity contribution >= 4 is 11.9 Å². The summed E-state index contributed by atoms with van der Waals surface area (Å²) in [5.41, 5.74) is -1.31. The number of carbonyl (C=O) groups excluding carboxylic acids is 2. The van der Waals surface area contributed by atoms with Crippen LogP contribution in [-0.2, 0) is 23.8 Å². The summed E-state index contributed by atoms with van der Waals surface area (Å²) in [7, 11) is 0. The molecular formula is C21H29NO5. The van der Waals surface area contributed by atoms with Gasteiger partial charge >= 0.3 is 11.9 Å². The predicted molar refractivity (Wildman–Crippen MR) is 97.3 cm³/mol. The Kier molecular flexibility index (Phi) is 5.36. The van der Waals surface area contributed by atoms with E-state index in [1.54, 1.807) is 6.07 Å². The lowest BCUT2D eigenvalue weighted by atomic mass is 9.50. The summed E-state index contributed by atoms with van der Waals surface area (Å²) in [5.74, 6) is 0.577. The molecule has 0 aromatic carbocycles. The van der Waals surface area contributed by atoms with E-state index in [9.17, 15) is 9.59 Å². The quantitative estimate of drug-likeness (QED) is 0.403. The maximum atomic E-state index is 12.3. The van der Waals surface area contributed by atoms with Crippen molar-refractivity contribution in [1.82, 2.24) is 0 Å². The molecule has 6 heteroatoms. The van der Waals surface area contributed by atoms with Crippen molar-refractivity contribution < 1.29 is 23.8 Å². The van der Waals surface area contributed by atoms with Gasteiger partial charge in [0.05, 0.1) is 6.61 Å². The molecule has 0 spiro atoms. The van der Waals surface area contributed by atoms with Crippen LogP contribution in [0, 0.1) is 35.0 Å². The highest BCUT2D eigenvalue weighted by atomic mass is 16.6. The molecule has 0 aromatic rings. The zero-order valence-corrected chi connectivity index (χ0v) is 16.5. The van der Waals surface area contributed by atoms with E-state index in [1.165, 1.54) is 6.42 Å². The van der Waals surface area contributed by atoms with Crippen LogP contribution in [0.5, 0.6) is 0 Å². The van der Waals surface area contributed by atoms with Crippen LogP contribution < -0.4 is 0 Å². The Morgan fingerprint density at radius 2 is 1.81 bits per heavy atom. The zero-order valence-electron chi connectivity index (χ0n) is 16.5. The summed E-state index contributed by atoms with van der Waals surface area (Å²) < 4.78 is 16.9. The molecule has 0 N–H and O–H groups in total. The monoisotopic (exact) mass is 375 g/mol. The molecule has 6 nitrogen and oxygen atoms in total. The second-order valence-corrected chi connectivity index (χ2v) is 9.36. The number of carbonyl (C=O) groups is 2. The second-order valence-electron chi connectivity index (χ2n) is 9.36. The van der Waals surface area contributed by atoms with Crippen LogP contribution >= 0.6 is 0 Å². The van der Waals surface area contributed by atoms with Crippen LogP contribution in [-0.4, -0.2) is 36.4 Å². The molecule has 4 aliphatic rings. The molecule has 0 aliphatic heterocycles. The van der Waals surface area contributed by atoms with Gasteiger partial charge in [-0.2, -0.15) is 5.26 Å². The van der Waals surface area contributed by atoms with E-state index >= 15 is 0 Å². The molecule has 4 bridgehead atoms. The van der Waals surface area contributed by atoms with Crippen molar-refractivity contribution in [1.29, 1.82) is 5.26 Å². The third kappa shape index (κ3) is 4.35. The molecule has 3 unspecified atom stereocenters. The van der Waals surface area contributed by atoms with Gasteiger partial charge in [0.1, 0.15) is 29.5 Å². The van der Waals surface area contributed by atoms with Gasteiger partial charge in [0.15, 0.2) is 0 Å². The van der Waals surface area contributed by atoms with Gasteiger partial charge in [-0.3, -0.25) is 0 Å². The Balaban J connectivity index is 1.67. The number of nitrogens with zero attached hydrogens (tertiary/aromatic N) is 1.